The molecule has 0 unspecified atom stereocenters. The summed E-state index contributed by atoms with van der Waals surface area (Å²) in [4.78, 5) is 20.1. The van der Waals surface area contributed by atoms with E-state index >= 15 is 0 Å². The maximum Gasteiger partial charge on any atom is 0.266 e. The standard InChI is InChI=1S/C20H31N3OS/c1-12(2)21-19-22(13(3)4)18(24)17(25-19)11-16-10-14(5)23(15(16)6)20(7,8)9/h10-13H,1-9H3/b17-11+,21-19?. The first kappa shape index (κ1) is 19.8. The van der Waals surface area contributed by atoms with Crippen LogP contribution < -0.4 is 0 Å². The summed E-state index contributed by atoms with van der Waals surface area (Å²) in [6.45, 7) is 19.0. The first-order valence-corrected chi connectivity index (χ1v) is 9.75. The van der Waals surface area contributed by atoms with Gasteiger partial charge >= 0.3 is 0 Å². The number of thioether (sulfide) groups is 1. The fourth-order valence-electron chi connectivity index (χ4n) is 3.36. The van der Waals surface area contributed by atoms with E-state index < -0.39 is 0 Å². The summed E-state index contributed by atoms with van der Waals surface area (Å²) < 4.78 is 2.33. The van der Waals surface area contributed by atoms with Gasteiger partial charge in [0.15, 0.2) is 5.17 Å². The van der Waals surface area contributed by atoms with E-state index in [0.29, 0.717) is 0 Å². The highest BCUT2D eigenvalue weighted by Crippen LogP contribution is 2.35. The molecule has 4 nitrogen and oxygen atoms in total. The van der Waals surface area contributed by atoms with Crippen LogP contribution in [0.25, 0.3) is 6.08 Å². The third kappa shape index (κ3) is 4.02. The Balaban J connectivity index is 2.48. The second-order valence-electron chi connectivity index (χ2n) is 8.22. The minimum Gasteiger partial charge on any atom is -0.343 e. The Bertz CT molecular complexity index is 733. The summed E-state index contributed by atoms with van der Waals surface area (Å²) in [6.07, 6.45) is 2.02. The van der Waals surface area contributed by atoms with Crippen molar-refractivity contribution in [3.8, 4) is 0 Å². The molecular formula is C20H31N3OS. The van der Waals surface area contributed by atoms with Crippen molar-refractivity contribution in [1.82, 2.24) is 9.47 Å². The molecule has 2 heterocycles. The number of aromatic nitrogens is 1. The lowest BCUT2D eigenvalue weighted by molar-refractivity contribution is -0.123. The molecule has 1 aliphatic rings. The van der Waals surface area contributed by atoms with Gasteiger partial charge in [0.2, 0.25) is 0 Å². The molecule has 0 atom stereocenters. The van der Waals surface area contributed by atoms with E-state index in [4.69, 9.17) is 0 Å². The molecule has 1 aromatic rings. The van der Waals surface area contributed by atoms with E-state index in [0.717, 1.165) is 15.6 Å². The van der Waals surface area contributed by atoms with E-state index in [-0.39, 0.29) is 23.5 Å². The van der Waals surface area contributed by atoms with Crippen LogP contribution >= 0.6 is 11.8 Å². The Morgan fingerprint density at radius 3 is 2.20 bits per heavy atom. The SMILES string of the molecule is Cc1cc(/C=C2/SC(=NC(C)C)N(C(C)C)C2=O)c(C)n1C(C)(C)C. The normalized spacial score (nSPS) is 19.3. The van der Waals surface area contributed by atoms with Gasteiger partial charge in [-0.25, -0.2) is 0 Å². The van der Waals surface area contributed by atoms with E-state index in [1.54, 1.807) is 4.90 Å². The lowest BCUT2D eigenvalue weighted by atomic mass is 10.1. The minimum absolute atomic E-state index is 0.0198. The molecule has 2 rings (SSSR count). The third-order valence-electron chi connectivity index (χ3n) is 4.15. The molecule has 0 spiro atoms. The first-order valence-electron chi connectivity index (χ1n) is 8.93. The lowest BCUT2D eigenvalue weighted by Crippen LogP contribution is -2.35. The second-order valence-corrected chi connectivity index (χ2v) is 9.23. The maximum atomic E-state index is 12.9. The van der Waals surface area contributed by atoms with Gasteiger partial charge in [-0.05, 0) is 91.8 Å². The van der Waals surface area contributed by atoms with Crippen molar-refractivity contribution in [3.63, 3.8) is 0 Å². The second kappa shape index (κ2) is 7.02. The van der Waals surface area contributed by atoms with Crippen LogP contribution in [0.1, 0.15) is 65.4 Å². The van der Waals surface area contributed by atoms with Crippen LogP contribution in [-0.2, 0) is 10.3 Å². The van der Waals surface area contributed by atoms with Crippen LogP contribution in [0, 0.1) is 13.8 Å². The number of aliphatic imine (C=N–C) groups is 1. The molecule has 0 bridgehead atoms. The molecule has 0 saturated carbocycles. The molecule has 1 amide bonds. The van der Waals surface area contributed by atoms with Gasteiger partial charge in [-0.15, -0.1) is 0 Å². The predicted molar refractivity (Wildman–Crippen MR) is 109 cm³/mol. The van der Waals surface area contributed by atoms with Crippen LogP contribution in [-0.4, -0.2) is 32.6 Å². The molecule has 1 saturated heterocycles. The number of carbonyl (C=O) groups excluding carboxylic acids is 1. The number of aryl methyl sites for hydroxylation is 1. The van der Waals surface area contributed by atoms with Crippen LogP contribution in [0.15, 0.2) is 16.0 Å². The number of carbonyl (C=O) groups is 1. The number of hydrogen-bond acceptors (Lipinski definition) is 3. The summed E-state index contributed by atoms with van der Waals surface area (Å²) in [5.41, 5.74) is 3.53. The highest BCUT2D eigenvalue weighted by molar-refractivity contribution is 8.18. The third-order valence-corrected chi connectivity index (χ3v) is 5.15. The molecular weight excluding hydrogens is 330 g/mol. The lowest BCUT2D eigenvalue weighted by Gasteiger charge is -2.25. The largest absolute Gasteiger partial charge is 0.343 e. The molecule has 25 heavy (non-hydrogen) atoms. The smallest absolute Gasteiger partial charge is 0.266 e. The van der Waals surface area contributed by atoms with Gasteiger partial charge in [0.1, 0.15) is 0 Å². The molecule has 1 aromatic heterocycles. The van der Waals surface area contributed by atoms with Crippen molar-refractivity contribution >= 4 is 28.9 Å². The van der Waals surface area contributed by atoms with Crippen molar-refractivity contribution < 1.29 is 4.79 Å². The number of rotatable bonds is 3. The highest BCUT2D eigenvalue weighted by Gasteiger charge is 2.35. The summed E-state index contributed by atoms with van der Waals surface area (Å²) >= 11 is 1.49. The van der Waals surface area contributed by atoms with Gasteiger partial charge in [-0.3, -0.25) is 14.7 Å². The van der Waals surface area contributed by atoms with Crippen molar-refractivity contribution in [2.24, 2.45) is 4.99 Å². The number of amidine groups is 1. The van der Waals surface area contributed by atoms with E-state index in [9.17, 15) is 4.79 Å². The van der Waals surface area contributed by atoms with E-state index in [2.05, 4.69) is 50.2 Å². The fraction of sp³-hybridized carbons (Fsp3) is 0.600. The number of nitrogens with zero attached hydrogens (tertiary/aromatic N) is 3. The molecule has 0 aromatic carbocycles. The van der Waals surface area contributed by atoms with Crippen LogP contribution in [0.3, 0.4) is 0 Å². The Labute approximate surface area is 156 Å². The zero-order valence-electron chi connectivity index (χ0n) is 17.0. The molecule has 0 N–H and O–H groups in total. The average Bonchev–Trinajstić information content (AvgIpc) is 2.86. The summed E-state index contributed by atoms with van der Waals surface area (Å²) in [7, 11) is 0. The van der Waals surface area contributed by atoms with Gasteiger partial charge in [0, 0.05) is 29.0 Å². The van der Waals surface area contributed by atoms with Gasteiger partial charge in [0.05, 0.1) is 4.91 Å². The van der Waals surface area contributed by atoms with Gasteiger partial charge in [-0.2, -0.15) is 0 Å². The molecule has 5 heteroatoms. The van der Waals surface area contributed by atoms with E-state index in [1.807, 2.05) is 33.8 Å². The van der Waals surface area contributed by atoms with Gasteiger partial charge in [-0.1, -0.05) is 0 Å². The summed E-state index contributed by atoms with van der Waals surface area (Å²) in [6, 6.07) is 2.44. The summed E-state index contributed by atoms with van der Waals surface area (Å²) in [5.74, 6) is 0.0555. The van der Waals surface area contributed by atoms with Crippen LogP contribution in [0.4, 0.5) is 0 Å². The number of amides is 1. The van der Waals surface area contributed by atoms with Crippen molar-refractivity contribution in [1.29, 1.82) is 0 Å². The van der Waals surface area contributed by atoms with Gasteiger partial charge in [0.25, 0.3) is 5.91 Å². The quantitative estimate of drug-likeness (QED) is 0.714. The Hall–Kier alpha value is -1.49. The topological polar surface area (TPSA) is 37.6 Å². The van der Waals surface area contributed by atoms with Crippen molar-refractivity contribution in [2.75, 3.05) is 0 Å². The zero-order chi connectivity index (χ0) is 19.1. The van der Waals surface area contributed by atoms with E-state index in [1.165, 1.54) is 23.1 Å². The van der Waals surface area contributed by atoms with Crippen molar-refractivity contribution in [2.45, 2.75) is 79.9 Å². The molecule has 0 aliphatic carbocycles. The Kier molecular flexibility index (Phi) is 5.57. The van der Waals surface area contributed by atoms with Crippen LogP contribution in [0.2, 0.25) is 0 Å². The minimum atomic E-state index is 0.0198. The molecule has 0 radical (unpaired) electrons. The molecule has 1 fully saturated rings. The van der Waals surface area contributed by atoms with Crippen LogP contribution in [0.5, 0.6) is 0 Å². The molecule has 1 aliphatic heterocycles. The molecule has 138 valence electrons. The van der Waals surface area contributed by atoms with Gasteiger partial charge < -0.3 is 4.57 Å². The fourth-order valence-corrected chi connectivity index (χ4v) is 4.58. The number of hydrogen-bond donors (Lipinski definition) is 0. The average molecular weight is 362 g/mol. The Morgan fingerprint density at radius 2 is 1.76 bits per heavy atom. The Morgan fingerprint density at radius 1 is 1.16 bits per heavy atom. The zero-order valence-corrected chi connectivity index (χ0v) is 17.8. The van der Waals surface area contributed by atoms with Crippen molar-refractivity contribution in [3.05, 3.63) is 27.9 Å². The summed E-state index contributed by atoms with van der Waals surface area (Å²) in [5, 5.41) is 0.811. The first-order chi connectivity index (χ1) is 11.4. The highest BCUT2D eigenvalue weighted by atomic mass is 32.2. The predicted octanol–water partition coefficient (Wildman–Crippen LogP) is 4.95. The maximum absolute atomic E-state index is 12.9. The monoisotopic (exact) mass is 361 g/mol.